The maximum Gasteiger partial charge on any atom is 2.00 e. The summed E-state index contributed by atoms with van der Waals surface area (Å²) in [6, 6.07) is 31.2. The minimum Gasteiger partial charge on any atom is -0.307 e. The molecule has 10 radical (unpaired) electrons. The Morgan fingerprint density at radius 2 is 1.18 bits per heavy atom. The summed E-state index contributed by atoms with van der Waals surface area (Å²) in [5.41, 5.74) is 2.99. The first kappa shape index (κ1) is 29.7. The molecule has 0 unspecified atom stereocenters. The van der Waals surface area contributed by atoms with Crippen LogP contribution in [-0.2, 0) is 26.2 Å². The van der Waals surface area contributed by atoms with Gasteiger partial charge in [0.05, 0.1) is 5.66 Å². The van der Waals surface area contributed by atoms with Crippen molar-refractivity contribution in [3.05, 3.63) is 159 Å². The molecule has 6 rings (SSSR count). The van der Waals surface area contributed by atoms with Crippen molar-refractivity contribution in [1.82, 2.24) is 4.67 Å². The van der Waals surface area contributed by atoms with Crippen molar-refractivity contribution in [3.8, 4) is 0 Å². The molecular formula is C32H31FeNO2P2+2. The fourth-order valence-electron chi connectivity index (χ4n) is 4.69. The van der Waals surface area contributed by atoms with E-state index in [1.54, 1.807) is 0 Å². The maximum atomic E-state index is 14.5. The van der Waals surface area contributed by atoms with Gasteiger partial charge in [0.15, 0.2) is 0 Å². The number of hydrogen-bond acceptors (Lipinski definition) is 2. The Morgan fingerprint density at radius 1 is 0.711 bits per heavy atom. The molecule has 192 valence electrons. The van der Waals surface area contributed by atoms with Gasteiger partial charge < -0.3 is 4.52 Å². The molecular weight excluding hydrogens is 548 g/mol. The van der Waals surface area contributed by atoms with Crippen molar-refractivity contribution in [2.24, 2.45) is 0 Å². The monoisotopic (exact) mass is 579 g/mol. The summed E-state index contributed by atoms with van der Waals surface area (Å²) < 4.78 is 22.9. The zero-order valence-corrected chi connectivity index (χ0v) is 24.3. The molecule has 1 saturated heterocycles. The minimum atomic E-state index is -3.23. The topological polar surface area (TPSA) is 29.5 Å². The molecule has 2 saturated carbocycles. The van der Waals surface area contributed by atoms with E-state index in [1.807, 2.05) is 87.0 Å². The standard InChI is InChI=1S/C27H26NO2P2.C5H5.Fe/c1-21-27(22-13-6-3-7-14-22)30-32(29,28(21)2)26-20-12-19-25(26)31(23-15-8-4-9-16-23)24-17-10-5-11-18-24;1-2-4-5-3-1;/h3-21,27H,1-2H3;1-5H;/q;;+2/t21-,27-,32+;;/m0../s1. The van der Waals surface area contributed by atoms with E-state index in [9.17, 15) is 4.57 Å². The second kappa shape index (κ2) is 13.9. The molecule has 0 bridgehead atoms. The molecule has 3 aliphatic rings. The first-order valence-corrected chi connectivity index (χ1v) is 15.4. The second-order valence-electron chi connectivity index (χ2n) is 9.04. The molecule has 1 heterocycles. The molecule has 0 aromatic heterocycles. The number of benzene rings is 3. The van der Waals surface area contributed by atoms with E-state index in [0.717, 1.165) is 16.9 Å². The van der Waals surface area contributed by atoms with Gasteiger partial charge in [-0.2, -0.15) is 0 Å². The Kier molecular flexibility index (Phi) is 10.9. The van der Waals surface area contributed by atoms with E-state index in [0.29, 0.717) is 0 Å². The van der Waals surface area contributed by atoms with Crippen LogP contribution in [0.4, 0.5) is 0 Å². The Bertz CT molecular complexity index is 1110. The number of nitrogens with zero attached hydrogens (tertiary/aromatic N) is 1. The van der Waals surface area contributed by atoms with Crippen molar-refractivity contribution in [2.75, 3.05) is 7.05 Å². The molecule has 3 fully saturated rings. The van der Waals surface area contributed by atoms with Crippen LogP contribution in [-0.4, -0.2) is 17.8 Å². The fraction of sp³-hybridized carbons (Fsp3) is 0.125. The van der Waals surface area contributed by atoms with Gasteiger partial charge in [-0.3, -0.25) is 4.57 Å². The van der Waals surface area contributed by atoms with E-state index in [2.05, 4.69) is 74.0 Å². The number of likely N-dealkylation sites (N-methyl/N-ethyl adjacent to an activating group) is 1. The Labute approximate surface area is 241 Å². The van der Waals surface area contributed by atoms with Gasteiger partial charge in [0.25, 0.3) is 7.52 Å². The quantitative estimate of drug-likeness (QED) is 0.238. The molecule has 1 aliphatic heterocycles. The first-order chi connectivity index (χ1) is 18.1. The average Bonchev–Trinajstić information content (AvgIpc) is 3.72. The summed E-state index contributed by atoms with van der Waals surface area (Å²) >= 11 is 0. The zero-order chi connectivity index (χ0) is 25.7. The molecule has 3 atom stereocenters. The van der Waals surface area contributed by atoms with Crippen molar-refractivity contribution in [1.29, 1.82) is 0 Å². The molecule has 6 heteroatoms. The Balaban J connectivity index is 0.000000504. The summed E-state index contributed by atoms with van der Waals surface area (Å²) in [6.07, 6.45) is 15.9. The Morgan fingerprint density at radius 3 is 1.68 bits per heavy atom. The Hall–Kier alpha value is -1.24. The van der Waals surface area contributed by atoms with E-state index >= 15 is 0 Å². The van der Waals surface area contributed by atoms with Crippen LogP contribution in [0.3, 0.4) is 0 Å². The van der Waals surface area contributed by atoms with Crippen LogP contribution in [0.1, 0.15) is 18.6 Å². The van der Waals surface area contributed by atoms with Crippen LogP contribution in [0.5, 0.6) is 0 Å². The predicted octanol–water partition coefficient (Wildman–Crippen LogP) is 7.11. The third-order valence-electron chi connectivity index (χ3n) is 6.73. The van der Waals surface area contributed by atoms with E-state index in [-0.39, 0.29) is 29.2 Å². The van der Waals surface area contributed by atoms with Gasteiger partial charge in [-0.1, -0.05) is 91.0 Å². The number of rotatable bonds is 5. The molecule has 3 aromatic carbocycles. The van der Waals surface area contributed by atoms with Crippen molar-refractivity contribution < 1.29 is 26.2 Å². The van der Waals surface area contributed by atoms with Crippen LogP contribution < -0.4 is 10.6 Å². The second-order valence-corrected chi connectivity index (χ2v) is 13.6. The van der Waals surface area contributed by atoms with E-state index in [1.165, 1.54) is 10.6 Å². The van der Waals surface area contributed by atoms with Crippen molar-refractivity contribution >= 4 is 26.1 Å². The molecule has 3 nitrogen and oxygen atoms in total. The molecule has 3 aromatic rings. The molecule has 0 amide bonds. The van der Waals surface area contributed by atoms with Crippen LogP contribution in [0.15, 0.2) is 91.0 Å². The van der Waals surface area contributed by atoms with Crippen LogP contribution in [0, 0.1) is 62.7 Å². The molecule has 2 aliphatic carbocycles. The van der Waals surface area contributed by atoms with Crippen LogP contribution >= 0.6 is 15.4 Å². The summed E-state index contributed by atoms with van der Waals surface area (Å²) in [4.78, 5) is 0. The van der Waals surface area contributed by atoms with Crippen LogP contribution in [0.25, 0.3) is 0 Å². The molecule has 38 heavy (non-hydrogen) atoms. The van der Waals surface area contributed by atoms with Gasteiger partial charge >= 0.3 is 17.1 Å². The molecule has 0 spiro atoms. The number of hydrogen-bond donors (Lipinski definition) is 0. The van der Waals surface area contributed by atoms with Gasteiger partial charge in [0.2, 0.25) is 0 Å². The smallest absolute Gasteiger partial charge is 0.307 e. The molecule has 0 N–H and O–H groups in total. The van der Waals surface area contributed by atoms with Gasteiger partial charge in [-0.15, -0.1) is 0 Å². The summed E-state index contributed by atoms with van der Waals surface area (Å²) in [6.45, 7) is 2.09. The van der Waals surface area contributed by atoms with Gasteiger partial charge in [0.1, 0.15) is 6.10 Å². The maximum absolute atomic E-state index is 14.5. The van der Waals surface area contributed by atoms with Gasteiger partial charge in [-0.25, -0.2) is 4.67 Å². The van der Waals surface area contributed by atoms with Crippen LogP contribution in [0.2, 0.25) is 0 Å². The summed E-state index contributed by atoms with van der Waals surface area (Å²) in [5.74, 6) is 0. The predicted molar refractivity (Wildman–Crippen MR) is 155 cm³/mol. The van der Waals surface area contributed by atoms with Gasteiger partial charge in [-0.05, 0) is 89.4 Å². The largest absolute Gasteiger partial charge is 2.00 e. The SMILES string of the molecule is C[C@H]1[C@@H](c2ccccc2)O[P@](=O)([C]2[CH][CH][CH][C]2P(c2ccccc2)c2ccccc2)N1C.[CH]1[CH][CH][CH][CH]1.[Fe+2]. The van der Waals surface area contributed by atoms with Crippen molar-refractivity contribution in [2.45, 2.75) is 19.1 Å². The zero-order valence-electron chi connectivity index (χ0n) is 21.4. The van der Waals surface area contributed by atoms with E-state index in [4.69, 9.17) is 4.52 Å². The normalized spacial score (nSPS) is 26.2. The fourth-order valence-corrected chi connectivity index (χ4v) is 10.2. The van der Waals surface area contributed by atoms with Crippen molar-refractivity contribution in [3.63, 3.8) is 0 Å². The van der Waals surface area contributed by atoms with Gasteiger partial charge in [0, 0.05) is 11.7 Å². The first-order valence-electron chi connectivity index (χ1n) is 12.5. The summed E-state index contributed by atoms with van der Waals surface area (Å²) in [7, 11) is -2.16. The average molecular weight is 579 g/mol. The third-order valence-corrected chi connectivity index (χ3v) is 12.1. The minimum absolute atomic E-state index is 0. The summed E-state index contributed by atoms with van der Waals surface area (Å²) in [5, 5.41) is 2.48. The third kappa shape index (κ3) is 6.39. The van der Waals surface area contributed by atoms with E-state index < -0.39 is 15.4 Å².